The molecule has 0 spiro atoms. The number of ether oxygens (including phenoxy) is 2. The largest absolute Gasteiger partial charge is 1.00 e. The van der Waals surface area contributed by atoms with Crippen molar-refractivity contribution in [3.8, 4) is 5.75 Å². The molecule has 2 aromatic rings. The fourth-order valence-electron chi connectivity index (χ4n) is 5.17. The normalized spacial score (nSPS) is 11.0. The molecule has 0 unspecified atom stereocenters. The number of amides is 1. The number of unbranched alkanes of at least 4 members (excludes halogenated alkanes) is 9. The predicted molar refractivity (Wildman–Crippen MR) is 170 cm³/mol. The van der Waals surface area contributed by atoms with Gasteiger partial charge in [-0.15, -0.1) is 0 Å². The van der Waals surface area contributed by atoms with Crippen LogP contribution < -0.4 is 27.0 Å². The number of carbonyl (C=O) groups excluding carboxylic acids is 2. The van der Waals surface area contributed by atoms with Crippen LogP contribution in [-0.2, 0) is 4.74 Å². The fraction of sp³-hybridized carbons (Fsp3) is 0.600. The summed E-state index contributed by atoms with van der Waals surface area (Å²) in [4.78, 5) is 25.7. The standard InChI is InChI=1S/C35H54N2O4.BrH/c1-5-9-11-13-15-19-28-40-33-21-17-16-20-32(33)34(38)36-31-24-22-30(23-25-31)35(39)41-29-27-37(7-3,8-4)26-18-14-12-10-6-2;/h16-17,20-25H,5-15,18-19,26-29H2,1-4H3;1H. The van der Waals surface area contributed by atoms with E-state index in [1.165, 1.54) is 57.8 Å². The monoisotopic (exact) mass is 646 g/mol. The van der Waals surface area contributed by atoms with Gasteiger partial charge in [-0.05, 0) is 69.5 Å². The molecule has 1 N–H and O–H groups in total. The number of hydrogen-bond donors (Lipinski definition) is 1. The molecule has 0 atom stereocenters. The summed E-state index contributed by atoms with van der Waals surface area (Å²) in [5, 5.41) is 2.93. The van der Waals surface area contributed by atoms with Crippen molar-refractivity contribution in [3.63, 3.8) is 0 Å². The highest BCUT2D eigenvalue weighted by atomic mass is 79.9. The van der Waals surface area contributed by atoms with Gasteiger partial charge in [0.15, 0.2) is 0 Å². The summed E-state index contributed by atoms with van der Waals surface area (Å²) in [6.07, 6.45) is 13.5. The van der Waals surface area contributed by atoms with E-state index in [0.717, 1.165) is 43.5 Å². The molecule has 0 heterocycles. The van der Waals surface area contributed by atoms with Crippen LogP contribution in [0.25, 0.3) is 0 Å². The summed E-state index contributed by atoms with van der Waals surface area (Å²) in [7, 11) is 0. The smallest absolute Gasteiger partial charge is 0.338 e. The summed E-state index contributed by atoms with van der Waals surface area (Å²) in [5.74, 6) is 0.0275. The van der Waals surface area contributed by atoms with E-state index in [1.54, 1.807) is 30.3 Å². The minimum atomic E-state index is -0.329. The molecule has 2 aromatic carbocycles. The second-order valence-corrected chi connectivity index (χ2v) is 11.1. The molecular formula is C35H55BrN2O4. The van der Waals surface area contributed by atoms with Crippen LogP contribution in [0.15, 0.2) is 48.5 Å². The molecule has 0 radical (unpaired) electrons. The van der Waals surface area contributed by atoms with Crippen LogP contribution in [-0.4, -0.2) is 55.8 Å². The van der Waals surface area contributed by atoms with Gasteiger partial charge in [0.1, 0.15) is 18.9 Å². The number of esters is 1. The van der Waals surface area contributed by atoms with Crippen molar-refractivity contribution in [2.24, 2.45) is 0 Å². The minimum absolute atomic E-state index is 0. The van der Waals surface area contributed by atoms with E-state index < -0.39 is 0 Å². The molecule has 2 rings (SSSR count). The quantitative estimate of drug-likeness (QED) is 0.102. The Morgan fingerprint density at radius 3 is 1.93 bits per heavy atom. The third kappa shape index (κ3) is 13.7. The van der Waals surface area contributed by atoms with Crippen molar-refractivity contribution in [2.75, 3.05) is 44.7 Å². The summed E-state index contributed by atoms with van der Waals surface area (Å²) in [6.45, 7) is 14.0. The first-order chi connectivity index (χ1) is 20.0. The molecule has 42 heavy (non-hydrogen) atoms. The van der Waals surface area contributed by atoms with Crippen LogP contribution in [0.3, 0.4) is 0 Å². The lowest BCUT2D eigenvalue weighted by atomic mass is 10.1. The molecule has 0 aromatic heterocycles. The summed E-state index contributed by atoms with van der Waals surface area (Å²) in [5.41, 5.74) is 1.60. The Bertz CT molecular complexity index is 1010. The Hall–Kier alpha value is -2.38. The number of rotatable bonds is 22. The lowest BCUT2D eigenvalue weighted by Gasteiger charge is -2.36. The van der Waals surface area contributed by atoms with Crippen molar-refractivity contribution in [1.82, 2.24) is 0 Å². The number of para-hydroxylation sites is 1. The maximum absolute atomic E-state index is 13.0. The van der Waals surface area contributed by atoms with Gasteiger partial charge in [-0.3, -0.25) is 4.79 Å². The molecule has 0 saturated carbocycles. The van der Waals surface area contributed by atoms with Gasteiger partial charge in [-0.2, -0.15) is 0 Å². The molecule has 236 valence electrons. The highest BCUT2D eigenvalue weighted by Gasteiger charge is 2.23. The number of carbonyl (C=O) groups is 2. The highest BCUT2D eigenvalue weighted by molar-refractivity contribution is 6.06. The molecular weight excluding hydrogens is 592 g/mol. The second kappa shape index (κ2) is 22.2. The fourth-order valence-corrected chi connectivity index (χ4v) is 5.17. The molecule has 1 amide bonds. The third-order valence-electron chi connectivity index (χ3n) is 8.14. The third-order valence-corrected chi connectivity index (χ3v) is 8.14. The molecule has 0 bridgehead atoms. The first-order valence-corrected chi connectivity index (χ1v) is 16.1. The Morgan fingerprint density at radius 1 is 0.690 bits per heavy atom. The van der Waals surface area contributed by atoms with Crippen LogP contribution in [0.2, 0.25) is 0 Å². The van der Waals surface area contributed by atoms with E-state index in [-0.39, 0.29) is 28.9 Å². The topological polar surface area (TPSA) is 64.6 Å². The lowest BCUT2D eigenvalue weighted by molar-refractivity contribution is -0.925. The number of halogens is 1. The molecule has 6 nitrogen and oxygen atoms in total. The Balaban J connectivity index is 0.00000882. The van der Waals surface area contributed by atoms with Gasteiger partial charge in [-0.1, -0.05) is 77.3 Å². The number of nitrogens with one attached hydrogen (secondary N) is 1. The van der Waals surface area contributed by atoms with Gasteiger partial charge >= 0.3 is 5.97 Å². The molecule has 0 aliphatic rings. The zero-order valence-electron chi connectivity index (χ0n) is 26.6. The van der Waals surface area contributed by atoms with Crippen LogP contribution in [0, 0.1) is 0 Å². The van der Waals surface area contributed by atoms with Gasteiger partial charge in [0.2, 0.25) is 0 Å². The average molecular weight is 648 g/mol. The summed E-state index contributed by atoms with van der Waals surface area (Å²) in [6, 6.07) is 14.2. The van der Waals surface area contributed by atoms with Crippen molar-refractivity contribution >= 4 is 17.6 Å². The zero-order valence-corrected chi connectivity index (χ0v) is 28.2. The maximum Gasteiger partial charge on any atom is 0.338 e. The average Bonchev–Trinajstić information content (AvgIpc) is 3.00. The zero-order chi connectivity index (χ0) is 29.8. The van der Waals surface area contributed by atoms with E-state index in [0.29, 0.717) is 35.8 Å². The molecule has 0 saturated heterocycles. The first kappa shape index (κ1) is 37.6. The van der Waals surface area contributed by atoms with E-state index in [9.17, 15) is 9.59 Å². The van der Waals surface area contributed by atoms with Crippen LogP contribution in [0.4, 0.5) is 5.69 Å². The van der Waals surface area contributed by atoms with Gasteiger partial charge in [0.25, 0.3) is 5.91 Å². The van der Waals surface area contributed by atoms with Crippen LogP contribution in [0.1, 0.15) is 119 Å². The highest BCUT2D eigenvalue weighted by Crippen LogP contribution is 2.21. The molecule has 0 aliphatic carbocycles. The van der Waals surface area contributed by atoms with Crippen molar-refractivity contribution < 1.29 is 40.5 Å². The van der Waals surface area contributed by atoms with Crippen molar-refractivity contribution in [2.45, 2.75) is 98.3 Å². The molecule has 0 fully saturated rings. The Kier molecular flexibility index (Phi) is 19.9. The van der Waals surface area contributed by atoms with Crippen molar-refractivity contribution in [1.29, 1.82) is 0 Å². The Labute approximate surface area is 265 Å². The number of benzene rings is 2. The number of hydrogen-bond acceptors (Lipinski definition) is 4. The summed E-state index contributed by atoms with van der Waals surface area (Å²) >= 11 is 0. The minimum Gasteiger partial charge on any atom is -1.00 e. The van der Waals surface area contributed by atoms with E-state index in [1.807, 2.05) is 18.2 Å². The SMILES string of the molecule is CCCCCCCCOc1ccccc1C(=O)Nc1ccc(C(=O)OCC[N+](CC)(CC)CCCCCCC)cc1.[Br-]. The van der Waals surface area contributed by atoms with Crippen LogP contribution >= 0.6 is 0 Å². The van der Waals surface area contributed by atoms with Gasteiger partial charge in [-0.25, -0.2) is 4.79 Å². The summed E-state index contributed by atoms with van der Waals surface area (Å²) < 4.78 is 12.6. The molecule has 0 aliphatic heterocycles. The Morgan fingerprint density at radius 2 is 1.29 bits per heavy atom. The number of quaternary nitrogens is 1. The van der Waals surface area contributed by atoms with Gasteiger partial charge in [0.05, 0.1) is 37.4 Å². The number of anilines is 1. The number of likely N-dealkylation sites (N-methyl/N-ethyl adjacent to an activating group) is 1. The maximum atomic E-state index is 13.0. The van der Waals surface area contributed by atoms with Crippen molar-refractivity contribution in [3.05, 3.63) is 59.7 Å². The van der Waals surface area contributed by atoms with E-state index in [4.69, 9.17) is 9.47 Å². The number of nitrogens with zero attached hydrogens (tertiary/aromatic N) is 1. The lowest BCUT2D eigenvalue weighted by Crippen LogP contribution is -3.00. The second-order valence-electron chi connectivity index (χ2n) is 11.1. The first-order valence-electron chi connectivity index (χ1n) is 16.1. The predicted octanol–water partition coefficient (Wildman–Crippen LogP) is 5.67. The van der Waals surface area contributed by atoms with Gasteiger partial charge in [0, 0.05) is 5.69 Å². The van der Waals surface area contributed by atoms with E-state index in [2.05, 4.69) is 33.0 Å². The van der Waals surface area contributed by atoms with E-state index >= 15 is 0 Å². The molecule has 7 heteroatoms. The van der Waals surface area contributed by atoms with Crippen LogP contribution in [0.5, 0.6) is 5.75 Å². The van der Waals surface area contributed by atoms with Gasteiger partial charge < -0.3 is 36.3 Å².